The number of nitrogens with one attached hydrogen (secondary N) is 2. The summed E-state index contributed by atoms with van der Waals surface area (Å²) in [6.45, 7) is 3.92. The van der Waals surface area contributed by atoms with Gasteiger partial charge >= 0.3 is 5.69 Å². The first-order valence-electron chi connectivity index (χ1n) is 5.87. The van der Waals surface area contributed by atoms with Gasteiger partial charge in [0.25, 0.3) is 0 Å². The first-order chi connectivity index (χ1) is 9.52. The Hall–Kier alpha value is -2.71. The zero-order chi connectivity index (χ0) is 14.7. The maximum Gasteiger partial charge on any atom is 0.329 e. The summed E-state index contributed by atoms with van der Waals surface area (Å²) in [5.41, 5.74) is 1.40. The second-order valence-corrected chi connectivity index (χ2v) is 4.09. The van der Waals surface area contributed by atoms with Gasteiger partial charge in [-0.25, -0.2) is 4.98 Å². The Morgan fingerprint density at radius 3 is 2.75 bits per heavy atom. The molecule has 9 heteroatoms. The van der Waals surface area contributed by atoms with E-state index in [2.05, 4.69) is 25.8 Å². The quantitative estimate of drug-likeness (QED) is 0.625. The number of hydrogen-bond donors (Lipinski definition) is 2. The number of nitro groups is 1. The topological polar surface area (TPSA) is 119 Å². The molecule has 0 fully saturated rings. The number of nitrogens with zero attached hydrogens (tertiary/aromatic N) is 4. The molecule has 20 heavy (non-hydrogen) atoms. The van der Waals surface area contributed by atoms with Crippen molar-refractivity contribution in [3.8, 4) is 0 Å². The second-order valence-electron chi connectivity index (χ2n) is 4.09. The van der Waals surface area contributed by atoms with Crippen LogP contribution in [0.5, 0.6) is 0 Å². The third-order valence-corrected chi connectivity index (χ3v) is 2.80. The van der Waals surface area contributed by atoms with Crippen molar-refractivity contribution in [3.63, 3.8) is 0 Å². The molecule has 0 saturated carbocycles. The molecule has 0 radical (unpaired) electrons. The molecule has 0 unspecified atom stereocenters. The third kappa shape index (κ3) is 2.66. The van der Waals surface area contributed by atoms with Crippen molar-refractivity contribution in [2.24, 2.45) is 0 Å². The second kappa shape index (κ2) is 5.51. The van der Waals surface area contributed by atoms with Crippen LogP contribution >= 0.6 is 0 Å². The summed E-state index contributed by atoms with van der Waals surface area (Å²) >= 11 is 0. The highest BCUT2D eigenvalue weighted by Crippen LogP contribution is 2.23. The molecule has 0 saturated heterocycles. The molecule has 0 bridgehead atoms. The summed E-state index contributed by atoms with van der Waals surface area (Å²) in [5.74, 6) is 1.12. The largest absolute Gasteiger partial charge is 0.361 e. The Morgan fingerprint density at radius 2 is 2.20 bits per heavy atom. The number of aromatic nitrogens is 3. The van der Waals surface area contributed by atoms with Crippen LogP contribution in [0.3, 0.4) is 0 Å². The summed E-state index contributed by atoms with van der Waals surface area (Å²) in [6, 6.07) is 0. The van der Waals surface area contributed by atoms with Crippen LogP contribution in [-0.4, -0.2) is 27.1 Å². The lowest BCUT2D eigenvalue weighted by Gasteiger charge is -2.07. The highest BCUT2D eigenvalue weighted by atomic mass is 16.6. The minimum Gasteiger partial charge on any atom is -0.361 e. The van der Waals surface area contributed by atoms with Crippen LogP contribution in [0.15, 0.2) is 10.7 Å². The molecule has 2 heterocycles. The Bertz CT molecular complexity index is 620. The molecule has 0 atom stereocenters. The van der Waals surface area contributed by atoms with Crippen molar-refractivity contribution in [2.75, 3.05) is 17.7 Å². The maximum atomic E-state index is 11.0. The lowest BCUT2D eigenvalue weighted by atomic mass is 10.2. The average Bonchev–Trinajstić information content (AvgIpc) is 2.75. The van der Waals surface area contributed by atoms with E-state index in [9.17, 15) is 10.1 Å². The highest BCUT2D eigenvalue weighted by Gasteiger charge is 2.18. The van der Waals surface area contributed by atoms with Gasteiger partial charge in [-0.15, -0.1) is 0 Å². The first kappa shape index (κ1) is 13.7. The van der Waals surface area contributed by atoms with Crippen LogP contribution in [0.2, 0.25) is 0 Å². The molecule has 0 aromatic carbocycles. The lowest BCUT2D eigenvalue weighted by Crippen LogP contribution is -2.08. The van der Waals surface area contributed by atoms with E-state index < -0.39 is 4.92 Å². The van der Waals surface area contributed by atoms with Crippen molar-refractivity contribution < 1.29 is 9.45 Å². The van der Waals surface area contributed by atoms with Gasteiger partial charge in [0.2, 0.25) is 11.8 Å². The van der Waals surface area contributed by atoms with E-state index in [4.69, 9.17) is 4.52 Å². The molecule has 2 N–H and O–H groups in total. The molecule has 2 aromatic rings. The number of anilines is 2. The lowest BCUT2D eigenvalue weighted by molar-refractivity contribution is -0.384. The van der Waals surface area contributed by atoms with Crippen LogP contribution in [0.25, 0.3) is 0 Å². The molecule has 0 aliphatic rings. The van der Waals surface area contributed by atoms with E-state index in [1.54, 1.807) is 20.9 Å². The molecule has 0 amide bonds. The summed E-state index contributed by atoms with van der Waals surface area (Å²) in [7, 11) is 1.64. The van der Waals surface area contributed by atoms with E-state index >= 15 is 0 Å². The van der Waals surface area contributed by atoms with Gasteiger partial charge in [-0.3, -0.25) is 10.1 Å². The van der Waals surface area contributed by atoms with E-state index in [1.165, 1.54) is 0 Å². The highest BCUT2D eigenvalue weighted by molar-refractivity contribution is 5.57. The summed E-state index contributed by atoms with van der Waals surface area (Å²) in [6.07, 6.45) is 1.16. The molecular formula is C11H14N6O3. The van der Waals surface area contributed by atoms with Crippen molar-refractivity contribution in [3.05, 3.63) is 33.3 Å². The van der Waals surface area contributed by atoms with Gasteiger partial charge in [-0.05, 0) is 13.8 Å². The zero-order valence-electron chi connectivity index (χ0n) is 11.3. The Balaban J connectivity index is 2.26. The predicted molar refractivity (Wildman–Crippen MR) is 71.5 cm³/mol. The van der Waals surface area contributed by atoms with Gasteiger partial charge < -0.3 is 15.2 Å². The first-order valence-corrected chi connectivity index (χ1v) is 5.87. The molecule has 0 aliphatic carbocycles. The number of rotatable bonds is 5. The SMILES string of the molecule is CNc1ncc([N+](=O)[O-])c(NCc2c(C)noc2C)n1. The molecular weight excluding hydrogens is 264 g/mol. The van der Waals surface area contributed by atoms with Crippen LogP contribution in [0.4, 0.5) is 17.5 Å². The van der Waals surface area contributed by atoms with E-state index in [0.717, 1.165) is 17.5 Å². The van der Waals surface area contributed by atoms with Gasteiger partial charge in [0, 0.05) is 19.2 Å². The summed E-state index contributed by atoms with van der Waals surface area (Å²) < 4.78 is 5.04. The molecule has 0 spiro atoms. The molecule has 106 valence electrons. The molecule has 0 aliphatic heterocycles. The summed E-state index contributed by atoms with van der Waals surface area (Å²) in [4.78, 5) is 18.3. The molecule has 2 rings (SSSR count). The predicted octanol–water partition coefficient (Wildman–Crippen LogP) is 1.64. The van der Waals surface area contributed by atoms with Crippen LogP contribution in [-0.2, 0) is 6.54 Å². The van der Waals surface area contributed by atoms with Gasteiger partial charge in [0.15, 0.2) is 0 Å². The zero-order valence-corrected chi connectivity index (χ0v) is 11.3. The van der Waals surface area contributed by atoms with E-state index in [0.29, 0.717) is 18.3 Å². The fourth-order valence-corrected chi connectivity index (χ4v) is 1.69. The van der Waals surface area contributed by atoms with Crippen LogP contribution in [0.1, 0.15) is 17.0 Å². The van der Waals surface area contributed by atoms with Gasteiger partial charge in [-0.2, -0.15) is 4.98 Å². The van der Waals surface area contributed by atoms with Gasteiger partial charge in [-0.1, -0.05) is 5.16 Å². The van der Waals surface area contributed by atoms with Crippen LogP contribution < -0.4 is 10.6 Å². The van der Waals surface area contributed by atoms with Crippen molar-refractivity contribution in [2.45, 2.75) is 20.4 Å². The average molecular weight is 278 g/mol. The monoisotopic (exact) mass is 278 g/mol. The normalized spacial score (nSPS) is 10.3. The number of aryl methyl sites for hydroxylation is 2. The third-order valence-electron chi connectivity index (χ3n) is 2.80. The standard InChI is InChI=1S/C11H14N6O3/c1-6-8(7(2)20-16-6)4-13-10-9(17(18)19)5-14-11(12-3)15-10/h5H,4H2,1-3H3,(H2,12,13,14,15). The van der Waals surface area contributed by atoms with Gasteiger partial charge in [0.1, 0.15) is 12.0 Å². The summed E-state index contributed by atoms with van der Waals surface area (Å²) in [5, 5.41) is 20.4. The fraction of sp³-hybridized carbons (Fsp3) is 0.364. The Kier molecular flexibility index (Phi) is 3.78. The number of hydrogen-bond acceptors (Lipinski definition) is 8. The van der Waals surface area contributed by atoms with E-state index in [-0.39, 0.29) is 11.5 Å². The molecule has 9 nitrogen and oxygen atoms in total. The minimum atomic E-state index is -0.533. The smallest absolute Gasteiger partial charge is 0.329 e. The van der Waals surface area contributed by atoms with Crippen molar-refractivity contribution in [1.29, 1.82) is 0 Å². The molecule has 2 aromatic heterocycles. The van der Waals surface area contributed by atoms with Gasteiger partial charge in [0.05, 0.1) is 10.6 Å². The Morgan fingerprint density at radius 1 is 1.45 bits per heavy atom. The van der Waals surface area contributed by atoms with E-state index in [1.807, 2.05) is 0 Å². The maximum absolute atomic E-state index is 11.0. The van der Waals surface area contributed by atoms with Crippen LogP contribution in [0, 0.1) is 24.0 Å². The Labute approximate surface area is 114 Å². The van der Waals surface area contributed by atoms with Crippen molar-refractivity contribution in [1.82, 2.24) is 15.1 Å². The van der Waals surface area contributed by atoms with Crippen molar-refractivity contribution >= 4 is 17.5 Å². The fourth-order valence-electron chi connectivity index (χ4n) is 1.69. The minimum absolute atomic E-state index is 0.148.